The van der Waals surface area contributed by atoms with E-state index in [1.165, 1.54) is 19.3 Å². The van der Waals surface area contributed by atoms with Crippen LogP contribution in [0, 0.1) is 17.3 Å². The first-order valence-corrected chi connectivity index (χ1v) is 6.65. The van der Waals surface area contributed by atoms with Gasteiger partial charge in [0.15, 0.2) is 0 Å². The fourth-order valence-electron chi connectivity index (χ4n) is 2.91. The summed E-state index contributed by atoms with van der Waals surface area (Å²) in [5.74, 6) is 1.83. The normalized spacial score (nSPS) is 33.2. The average Bonchev–Trinajstić information content (AvgIpc) is 3.03. The molecule has 0 aromatic heterocycles. The Morgan fingerprint density at radius 1 is 1.44 bits per heavy atom. The molecule has 92 valence electrons. The van der Waals surface area contributed by atoms with E-state index in [1.54, 1.807) is 0 Å². The van der Waals surface area contributed by atoms with Crippen molar-refractivity contribution in [2.24, 2.45) is 23.0 Å². The number of nitrogens with one attached hydrogen (secondary N) is 1. The van der Waals surface area contributed by atoms with Gasteiger partial charge in [0, 0.05) is 13.1 Å². The van der Waals surface area contributed by atoms with Crippen LogP contribution in [0.25, 0.3) is 0 Å². The van der Waals surface area contributed by atoms with Gasteiger partial charge in [-0.05, 0) is 37.5 Å². The second kappa shape index (κ2) is 4.74. The van der Waals surface area contributed by atoms with Crippen LogP contribution in [-0.2, 0) is 4.79 Å². The lowest BCUT2D eigenvalue weighted by Crippen LogP contribution is -2.53. The fraction of sp³-hybridized carbons (Fsp3) is 0.923. The van der Waals surface area contributed by atoms with E-state index in [4.69, 9.17) is 5.73 Å². The molecule has 0 atom stereocenters. The topological polar surface area (TPSA) is 55.1 Å². The van der Waals surface area contributed by atoms with Crippen molar-refractivity contribution in [1.82, 2.24) is 5.32 Å². The summed E-state index contributed by atoms with van der Waals surface area (Å²) in [6.45, 7) is 3.53. The highest BCUT2D eigenvalue weighted by molar-refractivity contribution is 5.83. The maximum atomic E-state index is 12.0. The Kier molecular flexibility index (Phi) is 3.53. The molecule has 2 fully saturated rings. The Labute approximate surface area is 98.2 Å². The third-order valence-electron chi connectivity index (χ3n) is 4.12. The highest BCUT2D eigenvalue weighted by Crippen LogP contribution is 2.44. The van der Waals surface area contributed by atoms with Crippen LogP contribution in [0.5, 0.6) is 0 Å². The number of carbonyl (C=O) groups is 1. The average molecular weight is 224 g/mol. The second-order valence-electron chi connectivity index (χ2n) is 5.84. The van der Waals surface area contributed by atoms with E-state index in [9.17, 15) is 4.79 Å². The Hall–Kier alpha value is -0.570. The van der Waals surface area contributed by atoms with E-state index in [2.05, 4.69) is 12.2 Å². The third-order valence-corrected chi connectivity index (χ3v) is 4.12. The number of hydrogen-bond donors (Lipinski definition) is 2. The first kappa shape index (κ1) is 11.9. The quantitative estimate of drug-likeness (QED) is 0.674. The molecule has 3 nitrogen and oxygen atoms in total. The predicted octanol–water partition coefficient (Wildman–Crippen LogP) is 1.67. The number of nitrogens with two attached hydrogens (primary N) is 1. The summed E-state index contributed by atoms with van der Waals surface area (Å²) in [6.07, 6.45) is 7.16. The standard InChI is InChI=1S/C13H24N2O/c1-10-7-13(8-10,9-14)12(16)15-6-2-3-11-4-5-11/h10-11H,2-9,14H2,1H3,(H,15,16). The van der Waals surface area contributed by atoms with Crippen LogP contribution >= 0.6 is 0 Å². The molecule has 2 saturated carbocycles. The number of carbonyl (C=O) groups excluding carboxylic acids is 1. The molecule has 0 unspecified atom stereocenters. The van der Waals surface area contributed by atoms with Crippen LogP contribution < -0.4 is 11.1 Å². The van der Waals surface area contributed by atoms with E-state index < -0.39 is 0 Å². The van der Waals surface area contributed by atoms with Crippen LogP contribution in [-0.4, -0.2) is 19.0 Å². The van der Waals surface area contributed by atoms with Crippen LogP contribution in [0.1, 0.15) is 45.4 Å². The van der Waals surface area contributed by atoms with Crippen molar-refractivity contribution in [2.75, 3.05) is 13.1 Å². The molecule has 0 aliphatic heterocycles. The summed E-state index contributed by atoms with van der Waals surface area (Å²) in [4.78, 5) is 12.0. The largest absolute Gasteiger partial charge is 0.356 e. The highest BCUT2D eigenvalue weighted by Gasteiger charge is 2.46. The zero-order valence-electron chi connectivity index (χ0n) is 10.3. The number of hydrogen-bond acceptors (Lipinski definition) is 2. The van der Waals surface area contributed by atoms with Crippen molar-refractivity contribution in [3.8, 4) is 0 Å². The molecule has 0 heterocycles. The molecule has 2 aliphatic rings. The van der Waals surface area contributed by atoms with Gasteiger partial charge in [0.25, 0.3) is 0 Å². The van der Waals surface area contributed by atoms with Crippen LogP contribution in [0.4, 0.5) is 0 Å². The van der Waals surface area contributed by atoms with Crippen molar-refractivity contribution >= 4 is 5.91 Å². The van der Waals surface area contributed by atoms with Gasteiger partial charge in [-0.15, -0.1) is 0 Å². The van der Waals surface area contributed by atoms with Crippen LogP contribution in [0.15, 0.2) is 0 Å². The smallest absolute Gasteiger partial charge is 0.227 e. The van der Waals surface area contributed by atoms with Gasteiger partial charge in [0.1, 0.15) is 0 Å². The molecule has 0 aromatic carbocycles. The van der Waals surface area contributed by atoms with Gasteiger partial charge in [-0.3, -0.25) is 4.79 Å². The minimum Gasteiger partial charge on any atom is -0.356 e. The Morgan fingerprint density at radius 3 is 2.62 bits per heavy atom. The van der Waals surface area contributed by atoms with Gasteiger partial charge in [-0.25, -0.2) is 0 Å². The molecule has 16 heavy (non-hydrogen) atoms. The maximum Gasteiger partial charge on any atom is 0.227 e. The maximum absolute atomic E-state index is 12.0. The molecule has 3 N–H and O–H groups in total. The van der Waals surface area contributed by atoms with E-state index in [1.807, 2.05) is 0 Å². The molecule has 0 bridgehead atoms. The fourth-order valence-corrected chi connectivity index (χ4v) is 2.91. The van der Waals surface area contributed by atoms with Crippen molar-refractivity contribution in [1.29, 1.82) is 0 Å². The lowest BCUT2D eigenvalue weighted by Gasteiger charge is -2.44. The molecule has 2 aliphatic carbocycles. The predicted molar refractivity (Wildman–Crippen MR) is 64.9 cm³/mol. The van der Waals surface area contributed by atoms with Gasteiger partial charge in [0.2, 0.25) is 5.91 Å². The summed E-state index contributed by atoms with van der Waals surface area (Å²) in [5.41, 5.74) is 5.51. The molecule has 1 amide bonds. The third kappa shape index (κ3) is 2.57. The van der Waals surface area contributed by atoms with Crippen molar-refractivity contribution in [2.45, 2.75) is 45.4 Å². The Bertz CT molecular complexity index is 255. The lowest BCUT2D eigenvalue weighted by atomic mass is 9.62. The second-order valence-corrected chi connectivity index (χ2v) is 5.84. The zero-order valence-corrected chi connectivity index (χ0v) is 10.3. The molecule has 0 saturated heterocycles. The molecule has 0 aromatic rings. The van der Waals surface area contributed by atoms with Crippen molar-refractivity contribution < 1.29 is 4.79 Å². The summed E-state index contributed by atoms with van der Waals surface area (Å²) in [6, 6.07) is 0. The van der Waals surface area contributed by atoms with E-state index >= 15 is 0 Å². The molecule has 0 radical (unpaired) electrons. The van der Waals surface area contributed by atoms with Crippen molar-refractivity contribution in [3.05, 3.63) is 0 Å². The Morgan fingerprint density at radius 2 is 2.12 bits per heavy atom. The Balaban J connectivity index is 1.65. The number of rotatable bonds is 6. The minimum atomic E-state index is -0.223. The highest BCUT2D eigenvalue weighted by atomic mass is 16.2. The summed E-state index contributed by atoms with van der Waals surface area (Å²) >= 11 is 0. The summed E-state index contributed by atoms with van der Waals surface area (Å²) in [5, 5.41) is 3.06. The first-order valence-electron chi connectivity index (χ1n) is 6.65. The van der Waals surface area contributed by atoms with Crippen LogP contribution in [0.2, 0.25) is 0 Å². The van der Waals surface area contributed by atoms with Crippen molar-refractivity contribution in [3.63, 3.8) is 0 Å². The number of amides is 1. The summed E-state index contributed by atoms with van der Waals surface area (Å²) in [7, 11) is 0. The van der Waals surface area contributed by atoms with Gasteiger partial charge < -0.3 is 11.1 Å². The van der Waals surface area contributed by atoms with E-state index in [0.717, 1.165) is 31.7 Å². The molecular formula is C13H24N2O. The molecule has 2 rings (SSSR count). The van der Waals surface area contributed by atoms with Gasteiger partial charge >= 0.3 is 0 Å². The first-order chi connectivity index (χ1) is 7.66. The van der Waals surface area contributed by atoms with Gasteiger partial charge in [-0.1, -0.05) is 19.8 Å². The SMILES string of the molecule is CC1CC(CN)(C(=O)NCCCC2CC2)C1. The van der Waals surface area contributed by atoms with E-state index in [0.29, 0.717) is 12.5 Å². The monoisotopic (exact) mass is 224 g/mol. The van der Waals surface area contributed by atoms with Gasteiger partial charge in [0.05, 0.1) is 5.41 Å². The van der Waals surface area contributed by atoms with Crippen LogP contribution in [0.3, 0.4) is 0 Å². The minimum absolute atomic E-state index is 0.198. The summed E-state index contributed by atoms with van der Waals surface area (Å²) < 4.78 is 0. The lowest BCUT2D eigenvalue weighted by molar-refractivity contribution is -0.138. The molecule has 0 spiro atoms. The zero-order chi connectivity index (χ0) is 11.6. The molecule has 3 heteroatoms. The van der Waals surface area contributed by atoms with Gasteiger partial charge in [-0.2, -0.15) is 0 Å². The van der Waals surface area contributed by atoms with E-state index in [-0.39, 0.29) is 11.3 Å². The molecular weight excluding hydrogens is 200 g/mol.